The Morgan fingerprint density at radius 3 is 2.95 bits per heavy atom. The van der Waals surface area contributed by atoms with Gasteiger partial charge in [0.05, 0.1) is 19.3 Å². The molecule has 0 aromatic rings. The molecule has 0 radical (unpaired) electrons. The number of morpholine rings is 1. The molecular weight excluding hydrogens is 254 g/mol. The Bertz CT molecular complexity index is 293. The molecule has 2 rings (SSSR count). The van der Waals surface area contributed by atoms with Gasteiger partial charge in [-0.25, -0.2) is 0 Å². The molecule has 20 heavy (non-hydrogen) atoms. The summed E-state index contributed by atoms with van der Waals surface area (Å²) in [6.07, 6.45) is 4.40. The zero-order valence-corrected chi connectivity index (χ0v) is 12.7. The summed E-state index contributed by atoms with van der Waals surface area (Å²) in [6.45, 7) is 8.77. The van der Waals surface area contributed by atoms with Crippen LogP contribution < -0.4 is 10.6 Å². The van der Waals surface area contributed by atoms with Crippen molar-refractivity contribution in [2.75, 3.05) is 45.9 Å². The lowest BCUT2D eigenvalue weighted by Crippen LogP contribution is -2.49. The van der Waals surface area contributed by atoms with Crippen LogP contribution in [0, 0.1) is 5.92 Å². The molecule has 0 aromatic carbocycles. The largest absolute Gasteiger partial charge is 0.379 e. The highest BCUT2D eigenvalue weighted by Gasteiger charge is 2.25. The van der Waals surface area contributed by atoms with Crippen molar-refractivity contribution >= 4 is 5.91 Å². The fraction of sp³-hybridized carbons (Fsp3) is 0.933. The molecule has 2 N–H and O–H groups in total. The number of nitrogens with zero attached hydrogens (tertiary/aromatic N) is 1. The molecule has 5 heteroatoms. The minimum Gasteiger partial charge on any atom is -0.379 e. The highest BCUT2D eigenvalue weighted by Crippen LogP contribution is 2.19. The van der Waals surface area contributed by atoms with Crippen molar-refractivity contribution in [3.63, 3.8) is 0 Å². The van der Waals surface area contributed by atoms with E-state index >= 15 is 0 Å². The maximum Gasteiger partial charge on any atom is 0.237 e. The van der Waals surface area contributed by atoms with Gasteiger partial charge in [-0.2, -0.15) is 0 Å². The number of hydrogen-bond donors (Lipinski definition) is 2. The molecule has 1 amide bonds. The summed E-state index contributed by atoms with van der Waals surface area (Å²) >= 11 is 0. The van der Waals surface area contributed by atoms with Gasteiger partial charge in [-0.3, -0.25) is 9.69 Å². The maximum absolute atomic E-state index is 12.1. The predicted octanol–water partition coefficient (Wildman–Crippen LogP) is 0.603. The van der Waals surface area contributed by atoms with Gasteiger partial charge < -0.3 is 15.4 Å². The third-order valence-electron chi connectivity index (χ3n) is 4.46. The van der Waals surface area contributed by atoms with Gasteiger partial charge in [0.1, 0.15) is 0 Å². The van der Waals surface area contributed by atoms with E-state index in [4.69, 9.17) is 4.74 Å². The first kappa shape index (κ1) is 15.7. The number of carbonyl (C=O) groups is 1. The molecule has 5 nitrogen and oxygen atoms in total. The van der Waals surface area contributed by atoms with Crippen LogP contribution in [0.15, 0.2) is 0 Å². The zero-order valence-electron chi connectivity index (χ0n) is 12.7. The molecule has 2 heterocycles. The Morgan fingerprint density at radius 2 is 2.20 bits per heavy atom. The Hall–Kier alpha value is -0.650. The average Bonchev–Trinajstić information content (AvgIpc) is 2.52. The summed E-state index contributed by atoms with van der Waals surface area (Å²) in [4.78, 5) is 14.5. The van der Waals surface area contributed by atoms with Crippen molar-refractivity contribution in [2.24, 2.45) is 5.92 Å². The van der Waals surface area contributed by atoms with Crippen molar-refractivity contribution in [3.8, 4) is 0 Å². The van der Waals surface area contributed by atoms with Crippen LogP contribution in [-0.2, 0) is 9.53 Å². The smallest absolute Gasteiger partial charge is 0.237 e. The van der Waals surface area contributed by atoms with Crippen LogP contribution >= 0.6 is 0 Å². The van der Waals surface area contributed by atoms with Gasteiger partial charge >= 0.3 is 0 Å². The van der Waals surface area contributed by atoms with Crippen LogP contribution in [0.3, 0.4) is 0 Å². The third kappa shape index (κ3) is 5.04. The Kier molecular flexibility index (Phi) is 6.76. The number of ether oxygens (including phenoxy) is 1. The first-order chi connectivity index (χ1) is 9.79. The predicted molar refractivity (Wildman–Crippen MR) is 79.7 cm³/mol. The minimum absolute atomic E-state index is 0.0251. The third-order valence-corrected chi connectivity index (χ3v) is 4.46. The summed E-state index contributed by atoms with van der Waals surface area (Å²) in [5, 5.41) is 6.41. The van der Waals surface area contributed by atoms with E-state index in [9.17, 15) is 4.79 Å². The van der Waals surface area contributed by atoms with E-state index in [1.807, 2.05) is 0 Å². The van der Waals surface area contributed by atoms with Gasteiger partial charge in [0.2, 0.25) is 5.91 Å². The molecule has 116 valence electrons. The molecule has 2 atom stereocenters. The lowest BCUT2D eigenvalue weighted by Gasteiger charge is -2.29. The molecule has 2 saturated heterocycles. The van der Waals surface area contributed by atoms with Gasteiger partial charge in [-0.1, -0.05) is 13.3 Å². The number of amides is 1. The molecule has 0 aliphatic carbocycles. The summed E-state index contributed by atoms with van der Waals surface area (Å²) in [5.41, 5.74) is 0. The van der Waals surface area contributed by atoms with E-state index in [0.717, 1.165) is 58.8 Å². The standard InChI is InChI=1S/C15H29N3O2/c1-2-13-4-6-16-14(12-13)15(19)17-5-3-7-18-8-10-20-11-9-18/h13-14,16H,2-12H2,1H3,(H,17,19). The summed E-state index contributed by atoms with van der Waals surface area (Å²) in [7, 11) is 0. The first-order valence-corrected chi connectivity index (χ1v) is 8.10. The Balaban J connectivity index is 1.57. The van der Waals surface area contributed by atoms with E-state index in [1.165, 1.54) is 12.8 Å². The number of carbonyl (C=O) groups excluding carboxylic acids is 1. The van der Waals surface area contributed by atoms with Crippen molar-refractivity contribution in [1.82, 2.24) is 15.5 Å². The lowest BCUT2D eigenvalue weighted by molar-refractivity contribution is -0.124. The summed E-state index contributed by atoms with van der Waals surface area (Å²) in [5.74, 6) is 0.894. The molecule has 2 fully saturated rings. The topological polar surface area (TPSA) is 53.6 Å². The second kappa shape index (κ2) is 8.60. The van der Waals surface area contributed by atoms with Crippen LogP contribution in [0.5, 0.6) is 0 Å². The van der Waals surface area contributed by atoms with Gasteiger partial charge in [0.25, 0.3) is 0 Å². The number of rotatable bonds is 6. The van der Waals surface area contributed by atoms with Gasteiger partial charge in [0, 0.05) is 19.6 Å². The number of piperidine rings is 1. The van der Waals surface area contributed by atoms with Crippen LogP contribution in [-0.4, -0.2) is 62.8 Å². The quantitative estimate of drug-likeness (QED) is 0.701. The van der Waals surface area contributed by atoms with Crippen molar-refractivity contribution in [3.05, 3.63) is 0 Å². The summed E-state index contributed by atoms with van der Waals surface area (Å²) < 4.78 is 5.32. The fourth-order valence-electron chi connectivity index (χ4n) is 3.03. The first-order valence-electron chi connectivity index (χ1n) is 8.10. The molecule has 0 bridgehead atoms. The molecule has 0 spiro atoms. The van der Waals surface area contributed by atoms with Gasteiger partial charge in [-0.15, -0.1) is 0 Å². The van der Waals surface area contributed by atoms with Gasteiger partial charge in [0.15, 0.2) is 0 Å². The van der Waals surface area contributed by atoms with E-state index in [2.05, 4.69) is 22.5 Å². The minimum atomic E-state index is 0.0251. The highest BCUT2D eigenvalue weighted by molar-refractivity contribution is 5.81. The SMILES string of the molecule is CCC1CCNC(C(=O)NCCCN2CCOCC2)C1. The lowest BCUT2D eigenvalue weighted by atomic mass is 9.90. The molecule has 0 aromatic heterocycles. The van der Waals surface area contributed by atoms with Crippen molar-refractivity contribution in [2.45, 2.75) is 38.6 Å². The van der Waals surface area contributed by atoms with Crippen molar-refractivity contribution in [1.29, 1.82) is 0 Å². The molecule has 0 saturated carbocycles. The van der Waals surface area contributed by atoms with Crippen LogP contribution in [0.2, 0.25) is 0 Å². The maximum atomic E-state index is 12.1. The second-order valence-corrected chi connectivity index (χ2v) is 5.90. The van der Waals surface area contributed by atoms with E-state index < -0.39 is 0 Å². The summed E-state index contributed by atoms with van der Waals surface area (Å²) in [6, 6.07) is 0.0251. The van der Waals surface area contributed by atoms with E-state index in [-0.39, 0.29) is 11.9 Å². The van der Waals surface area contributed by atoms with Crippen LogP contribution in [0.4, 0.5) is 0 Å². The van der Waals surface area contributed by atoms with Crippen LogP contribution in [0.25, 0.3) is 0 Å². The number of hydrogen-bond acceptors (Lipinski definition) is 4. The monoisotopic (exact) mass is 283 g/mol. The van der Waals surface area contributed by atoms with E-state index in [1.54, 1.807) is 0 Å². The molecule has 2 aliphatic heterocycles. The average molecular weight is 283 g/mol. The molecule has 2 aliphatic rings. The van der Waals surface area contributed by atoms with E-state index in [0.29, 0.717) is 5.92 Å². The normalized spacial score (nSPS) is 28.2. The second-order valence-electron chi connectivity index (χ2n) is 5.90. The van der Waals surface area contributed by atoms with Crippen LogP contribution in [0.1, 0.15) is 32.6 Å². The molecular formula is C15H29N3O2. The Morgan fingerprint density at radius 1 is 1.40 bits per heavy atom. The highest BCUT2D eigenvalue weighted by atomic mass is 16.5. The zero-order chi connectivity index (χ0) is 14.2. The van der Waals surface area contributed by atoms with Crippen molar-refractivity contribution < 1.29 is 9.53 Å². The number of nitrogens with one attached hydrogen (secondary N) is 2. The Labute approximate surface area is 122 Å². The fourth-order valence-corrected chi connectivity index (χ4v) is 3.03. The van der Waals surface area contributed by atoms with Gasteiger partial charge in [-0.05, 0) is 38.3 Å². The molecule has 2 unspecified atom stereocenters.